The van der Waals surface area contributed by atoms with Gasteiger partial charge in [0.15, 0.2) is 12.2 Å². The molecule has 0 atom stereocenters. The van der Waals surface area contributed by atoms with Gasteiger partial charge in [-0.05, 0) is 6.92 Å². The first-order valence-electron chi connectivity index (χ1n) is 6.01. The number of aromatic amines is 1. The number of hydrogen-bond acceptors (Lipinski definition) is 5. The molecule has 102 valence electrons. The third-order valence-corrected chi connectivity index (χ3v) is 3.22. The lowest BCUT2D eigenvalue weighted by molar-refractivity contribution is -0.0222. The SMILES string of the molecule is Cc1ocnc1-c1nc(N2CCC(F)(F)CC2)n[nH]1. The normalized spacial score (nSPS) is 18.8. The van der Waals surface area contributed by atoms with Gasteiger partial charge < -0.3 is 9.32 Å². The molecule has 0 amide bonds. The Balaban J connectivity index is 1.77. The minimum Gasteiger partial charge on any atom is -0.448 e. The van der Waals surface area contributed by atoms with E-state index in [-0.39, 0.29) is 25.9 Å². The minimum absolute atomic E-state index is 0.167. The molecule has 1 saturated heterocycles. The molecule has 0 radical (unpaired) electrons. The van der Waals surface area contributed by atoms with Gasteiger partial charge in [-0.15, -0.1) is 5.10 Å². The number of alkyl halides is 2. The predicted octanol–water partition coefficient (Wildman–Crippen LogP) is 2.00. The van der Waals surface area contributed by atoms with E-state index in [0.29, 0.717) is 23.2 Å². The number of H-pyrrole nitrogens is 1. The Hall–Kier alpha value is -1.99. The number of aryl methyl sites for hydroxylation is 1. The molecule has 2 aromatic rings. The smallest absolute Gasteiger partial charge is 0.251 e. The van der Waals surface area contributed by atoms with E-state index in [4.69, 9.17) is 4.42 Å². The van der Waals surface area contributed by atoms with Crippen molar-refractivity contribution in [2.75, 3.05) is 18.0 Å². The van der Waals surface area contributed by atoms with Crippen molar-refractivity contribution in [3.05, 3.63) is 12.2 Å². The van der Waals surface area contributed by atoms with Crippen LogP contribution >= 0.6 is 0 Å². The second-order valence-corrected chi connectivity index (χ2v) is 4.58. The van der Waals surface area contributed by atoms with Gasteiger partial charge in [0.1, 0.15) is 11.5 Å². The average Bonchev–Trinajstić information content (AvgIpc) is 2.97. The molecule has 1 aliphatic heterocycles. The van der Waals surface area contributed by atoms with Crippen molar-refractivity contribution >= 4 is 5.95 Å². The van der Waals surface area contributed by atoms with E-state index in [2.05, 4.69) is 20.2 Å². The molecule has 3 rings (SSSR count). The lowest BCUT2D eigenvalue weighted by atomic mass is 10.1. The number of anilines is 1. The van der Waals surface area contributed by atoms with Crippen LogP contribution in [0, 0.1) is 6.92 Å². The molecule has 1 fully saturated rings. The van der Waals surface area contributed by atoms with Crippen LogP contribution in [0.25, 0.3) is 11.5 Å². The molecule has 0 aliphatic carbocycles. The van der Waals surface area contributed by atoms with Crippen molar-refractivity contribution in [1.82, 2.24) is 20.2 Å². The summed E-state index contributed by atoms with van der Waals surface area (Å²) in [5, 5.41) is 6.80. The highest BCUT2D eigenvalue weighted by molar-refractivity contribution is 5.53. The second kappa shape index (κ2) is 4.29. The summed E-state index contributed by atoms with van der Waals surface area (Å²) in [5.41, 5.74) is 0.584. The van der Waals surface area contributed by atoms with Gasteiger partial charge in [-0.1, -0.05) is 0 Å². The molecule has 3 heterocycles. The first kappa shape index (κ1) is 12.1. The van der Waals surface area contributed by atoms with E-state index in [0.717, 1.165) is 0 Å². The fraction of sp³-hybridized carbons (Fsp3) is 0.545. The standard InChI is InChI=1S/C11H13F2N5O/c1-7-8(14-6-19-7)9-15-10(17-16-9)18-4-2-11(12,13)3-5-18/h6H,2-5H2,1H3,(H,15,16,17). The van der Waals surface area contributed by atoms with Crippen LogP contribution in [0.2, 0.25) is 0 Å². The summed E-state index contributed by atoms with van der Waals surface area (Å²) in [4.78, 5) is 10.0. The molecule has 19 heavy (non-hydrogen) atoms. The van der Waals surface area contributed by atoms with Crippen LogP contribution < -0.4 is 4.90 Å². The van der Waals surface area contributed by atoms with Gasteiger partial charge in [0, 0.05) is 25.9 Å². The zero-order chi connectivity index (χ0) is 13.5. The highest BCUT2D eigenvalue weighted by Gasteiger charge is 2.35. The van der Waals surface area contributed by atoms with Crippen molar-refractivity contribution in [2.45, 2.75) is 25.7 Å². The highest BCUT2D eigenvalue weighted by Crippen LogP contribution is 2.29. The Labute approximate surface area is 107 Å². The molecule has 2 aromatic heterocycles. The fourth-order valence-corrected chi connectivity index (χ4v) is 2.07. The number of rotatable bonds is 2. The highest BCUT2D eigenvalue weighted by atomic mass is 19.3. The van der Waals surface area contributed by atoms with Gasteiger partial charge >= 0.3 is 0 Å². The summed E-state index contributed by atoms with van der Waals surface area (Å²) >= 11 is 0. The molecule has 0 aromatic carbocycles. The molecule has 6 nitrogen and oxygen atoms in total. The van der Waals surface area contributed by atoms with E-state index in [1.165, 1.54) is 6.39 Å². The molecule has 0 saturated carbocycles. The Morgan fingerprint density at radius 1 is 1.37 bits per heavy atom. The first-order valence-corrected chi connectivity index (χ1v) is 6.01. The van der Waals surface area contributed by atoms with E-state index in [1.807, 2.05) is 0 Å². The average molecular weight is 269 g/mol. The third kappa shape index (κ3) is 2.29. The Morgan fingerprint density at radius 3 is 2.74 bits per heavy atom. The first-order chi connectivity index (χ1) is 9.05. The third-order valence-electron chi connectivity index (χ3n) is 3.22. The number of aromatic nitrogens is 4. The molecule has 8 heteroatoms. The van der Waals surface area contributed by atoms with E-state index in [1.54, 1.807) is 11.8 Å². The van der Waals surface area contributed by atoms with Gasteiger partial charge in [0.05, 0.1) is 0 Å². The summed E-state index contributed by atoms with van der Waals surface area (Å²) in [6.45, 7) is 2.27. The quantitative estimate of drug-likeness (QED) is 0.903. The van der Waals surface area contributed by atoms with Crippen LogP contribution in [0.3, 0.4) is 0 Å². The number of nitrogens with one attached hydrogen (secondary N) is 1. The maximum Gasteiger partial charge on any atom is 0.251 e. The van der Waals surface area contributed by atoms with Crippen molar-refractivity contribution in [1.29, 1.82) is 0 Å². The van der Waals surface area contributed by atoms with E-state index < -0.39 is 5.92 Å². The van der Waals surface area contributed by atoms with Crippen LogP contribution in [-0.4, -0.2) is 39.2 Å². The Kier molecular flexibility index (Phi) is 2.72. The summed E-state index contributed by atoms with van der Waals surface area (Å²) in [6, 6.07) is 0. The maximum atomic E-state index is 13.1. The minimum atomic E-state index is -2.57. The van der Waals surface area contributed by atoms with Crippen LogP contribution in [0.5, 0.6) is 0 Å². The molecule has 0 unspecified atom stereocenters. The van der Waals surface area contributed by atoms with E-state index >= 15 is 0 Å². The fourth-order valence-electron chi connectivity index (χ4n) is 2.07. The number of halogens is 2. The molecule has 0 bridgehead atoms. The predicted molar refractivity (Wildman–Crippen MR) is 63.0 cm³/mol. The summed E-state index contributed by atoms with van der Waals surface area (Å²) in [6.07, 6.45) is 0.994. The number of piperidine rings is 1. The van der Waals surface area contributed by atoms with Crippen LogP contribution in [-0.2, 0) is 0 Å². The zero-order valence-electron chi connectivity index (χ0n) is 10.4. The van der Waals surface area contributed by atoms with Crippen LogP contribution in [0.1, 0.15) is 18.6 Å². The van der Waals surface area contributed by atoms with Gasteiger partial charge in [-0.25, -0.2) is 13.8 Å². The number of oxazole rings is 1. The van der Waals surface area contributed by atoms with E-state index in [9.17, 15) is 8.78 Å². The van der Waals surface area contributed by atoms with Gasteiger partial charge in [0.2, 0.25) is 5.95 Å². The monoisotopic (exact) mass is 269 g/mol. The Bertz CT molecular complexity index is 569. The molecule has 0 spiro atoms. The summed E-state index contributed by atoms with van der Waals surface area (Å²) < 4.78 is 31.2. The molecular weight excluding hydrogens is 256 g/mol. The lowest BCUT2D eigenvalue weighted by Crippen LogP contribution is -2.39. The van der Waals surface area contributed by atoms with Gasteiger partial charge in [-0.2, -0.15) is 4.98 Å². The largest absolute Gasteiger partial charge is 0.448 e. The van der Waals surface area contributed by atoms with Crippen molar-refractivity contribution in [2.24, 2.45) is 0 Å². The summed E-state index contributed by atoms with van der Waals surface area (Å²) in [5.74, 6) is -1.03. The van der Waals surface area contributed by atoms with Crippen molar-refractivity contribution < 1.29 is 13.2 Å². The lowest BCUT2D eigenvalue weighted by Gasteiger charge is -2.30. The Morgan fingerprint density at radius 2 is 2.11 bits per heavy atom. The topological polar surface area (TPSA) is 70.8 Å². The van der Waals surface area contributed by atoms with Crippen LogP contribution in [0.15, 0.2) is 10.8 Å². The summed E-state index contributed by atoms with van der Waals surface area (Å²) in [7, 11) is 0. The van der Waals surface area contributed by atoms with Crippen molar-refractivity contribution in [3.63, 3.8) is 0 Å². The van der Waals surface area contributed by atoms with Crippen molar-refractivity contribution in [3.8, 4) is 11.5 Å². The second-order valence-electron chi connectivity index (χ2n) is 4.58. The van der Waals surface area contributed by atoms with Gasteiger partial charge in [0.25, 0.3) is 5.92 Å². The number of hydrogen-bond donors (Lipinski definition) is 1. The molecular formula is C11H13F2N5O. The molecule has 1 N–H and O–H groups in total. The van der Waals surface area contributed by atoms with Crippen LogP contribution in [0.4, 0.5) is 14.7 Å². The van der Waals surface area contributed by atoms with Gasteiger partial charge in [-0.3, -0.25) is 5.10 Å². The zero-order valence-corrected chi connectivity index (χ0v) is 10.4. The number of nitrogens with zero attached hydrogens (tertiary/aromatic N) is 4. The maximum absolute atomic E-state index is 13.1. The molecule has 1 aliphatic rings.